The van der Waals surface area contributed by atoms with Crippen LogP contribution in [0.2, 0.25) is 0 Å². The minimum Gasteiger partial charge on any atom is -0.368 e. The molecule has 2 N–H and O–H groups in total. The number of anilines is 1. The molecule has 1 aliphatic heterocycles. The van der Waals surface area contributed by atoms with Crippen LogP contribution in [0.25, 0.3) is 10.9 Å². The van der Waals surface area contributed by atoms with Gasteiger partial charge >= 0.3 is 0 Å². The highest BCUT2D eigenvalue weighted by atomic mass is 16.6. The van der Waals surface area contributed by atoms with Crippen LogP contribution in [0.4, 0.5) is 11.4 Å². The van der Waals surface area contributed by atoms with Crippen LogP contribution in [0, 0.1) is 16.0 Å². The van der Waals surface area contributed by atoms with Gasteiger partial charge in [0, 0.05) is 31.4 Å². The van der Waals surface area contributed by atoms with E-state index in [0.717, 1.165) is 18.8 Å². The number of non-ortho nitro benzene ring substituents is 1. The Kier molecular flexibility index (Phi) is 3.02. The number of nitro benzene ring substituents is 1. The number of aromatic nitrogens is 1. The van der Waals surface area contributed by atoms with Crippen molar-refractivity contribution in [1.82, 2.24) is 4.98 Å². The topological polar surface area (TPSA) is 85.3 Å². The van der Waals surface area contributed by atoms with E-state index in [0.29, 0.717) is 16.8 Å². The SMILES string of the molecule is CC1CN(c2ccc([N+](=O)[O-])c3cccnc23)CC1N. The first kappa shape index (κ1) is 12.8. The second-order valence-corrected chi connectivity index (χ2v) is 5.31. The summed E-state index contributed by atoms with van der Waals surface area (Å²) in [6, 6.07) is 6.91. The van der Waals surface area contributed by atoms with E-state index in [4.69, 9.17) is 5.73 Å². The van der Waals surface area contributed by atoms with Crippen LogP contribution in [0.3, 0.4) is 0 Å². The van der Waals surface area contributed by atoms with E-state index in [-0.39, 0.29) is 16.7 Å². The molecular formula is C14H16N4O2. The van der Waals surface area contributed by atoms with Gasteiger partial charge in [0.2, 0.25) is 0 Å². The number of pyridine rings is 1. The molecule has 6 nitrogen and oxygen atoms in total. The first-order valence-corrected chi connectivity index (χ1v) is 6.60. The van der Waals surface area contributed by atoms with Crippen LogP contribution in [-0.2, 0) is 0 Å². The average molecular weight is 272 g/mol. The van der Waals surface area contributed by atoms with Gasteiger partial charge in [-0.15, -0.1) is 0 Å². The molecule has 1 aliphatic rings. The molecule has 3 rings (SSSR count). The Morgan fingerprint density at radius 3 is 2.85 bits per heavy atom. The minimum absolute atomic E-state index is 0.0911. The fraction of sp³-hybridized carbons (Fsp3) is 0.357. The summed E-state index contributed by atoms with van der Waals surface area (Å²) in [5.41, 5.74) is 7.74. The van der Waals surface area contributed by atoms with Crippen molar-refractivity contribution in [1.29, 1.82) is 0 Å². The Bertz CT molecular complexity index is 663. The Hall–Kier alpha value is -2.21. The maximum Gasteiger partial charge on any atom is 0.278 e. The van der Waals surface area contributed by atoms with Gasteiger partial charge in [0.15, 0.2) is 0 Å². The molecule has 104 valence electrons. The lowest BCUT2D eigenvalue weighted by atomic mass is 10.1. The maximum atomic E-state index is 11.1. The highest BCUT2D eigenvalue weighted by Gasteiger charge is 2.28. The van der Waals surface area contributed by atoms with E-state index in [1.165, 1.54) is 0 Å². The first-order chi connectivity index (χ1) is 9.58. The van der Waals surface area contributed by atoms with Gasteiger partial charge in [0.25, 0.3) is 5.69 Å². The van der Waals surface area contributed by atoms with Crippen molar-refractivity contribution in [2.75, 3.05) is 18.0 Å². The van der Waals surface area contributed by atoms with Crippen LogP contribution >= 0.6 is 0 Å². The largest absolute Gasteiger partial charge is 0.368 e. The van der Waals surface area contributed by atoms with Crippen LogP contribution in [0.1, 0.15) is 6.92 Å². The zero-order valence-corrected chi connectivity index (χ0v) is 11.2. The third-order valence-corrected chi connectivity index (χ3v) is 3.93. The van der Waals surface area contributed by atoms with Gasteiger partial charge in [-0.3, -0.25) is 15.1 Å². The van der Waals surface area contributed by atoms with E-state index < -0.39 is 0 Å². The number of nitrogens with zero attached hydrogens (tertiary/aromatic N) is 3. The zero-order valence-electron chi connectivity index (χ0n) is 11.2. The van der Waals surface area contributed by atoms with E-state index in [1.807, 2.05) is 0 Å². The third kappa shape index (κ3) is 1.98. The maximum absolute atomic E-state index is 11.1. The molecule has 1 fully saturated rings. The van der Waals surface area contributed by atoms with Crippen molar-refractivity contribution in [3.05, 3.63) is 40.6 Å². The van der Waals surface area contributed by atoms with Gasteiger partial charge in [-0.05, 0) is 24.1 Å². The average Bonchev–Trinajstić information content (AvgIpc) is 2.77. The Morgan fingerprint density at radius 1 is 1.40 bits per heavy atom. The predicted octanol–water partition coefficient (Wildman–Crippen LogP) is 1.93. The second-order valence-electron chi connectivity index (χ2n) is 5.31. The van der Waals surface area contributed by atoms with Gasteiger partial charge in [-0.2, -0.15) is 0 Å². The van der Waals surface area contributed by atoms with E-state index in [9.17, 15) is 10.1 Å². The highest BCUT2D eigenvalue weighted by Crippen LogP contribution is 2.34. The molecule has 6 heteroatoms. The van der Waals surface area contributed by atoms with E-state index in [2.05, 4.69) is 16.8 Å². The molecule has 0 bridgehead atoms. The number of nitrogens with two attached hydrogens (primary N) is 1. The lowest BCUT2D eigenvalue weighted by molar-refractivity contribution is -0.383. The fourth-order valence-corrected chi connectivity index (χ4v) is 2.75. The van der Waals surface area contributed by atoms with E-state index >= 15 is 0 Å². The number of hydrogen-bond acceptors (Lipinski definition) is 5. The summed E-state index contributed by atoms with van der Waals surface area (Å²) in [6.07, 6.45) is 1.66. The smallest absolute Gasteiger partial charge is 0.278 e. The molecule has 0 radical (unpaired) electrons. The monoisotopic (exact) mass is 272 g/mol. The molecule has 2 aromatic rings. The standard InChI is InChI=1S/C14H16N4O2/c1-9-7-17(8-11(9)15)13-5-4-12(18(19)20)10-3-2-6-16-14(10)13/h2-6,9,11H,7-8,15H2,1H3. The van der Waals surface area contributed by atoms with E-state index in [1.54, 1.807) is 30.5 Å². The molecule has 2 atom stereocenters. The van der Waals surface area contributed by atoms with Gasteiger partial charge in [0.05, 0.1) is 16.0 Å². The summed E-state index contributed by atoms with van der Waals surface area (Å²) in [4.78, 5) is 17.2. The molecule has 2 unspecified atom stereocenters. The Labute approximate surface area is 116 Å². The Morgan fingerprint density at radius 2 is 2.20 bits per heavy atom. The van der Waals surface area contributed by atoms with Gasteiger partial charge in [-0.25, -0.2) is 0 Å². The fourth-order valence-electron chi connectivity index (χ4n) is 2.75. The summed E-state index contributed by atoms with van der Waals surface area (Å²) in [7, 11) is 0. The lowest BCUT2D eigenvalue weighted by Crippen LogP contribution is -2.28. The van der Waals surface area contributed by atoms with Crippen molar-refractivity contribution in [2.45, 2.75) is 13.0 Å². The van der Waals surface area contributed by atoms with Crippen molar-refractivity contribution in [3.63, 3.8) is 0 Å². The van der Waals surface area contributed by atoms with Gasteiger partial charge in [0.1, 0.15) is 5.52 Å². The normalized spacial score (nSPS) is 22.4. The Balaban J connectivity index is 2.14. The van der Waals surface area contributed by atoms with Crippen LogP contribution < -0.4 is 10.6 Å². The number of hydrogen-bond donors (Lipinski definition) is 1. The van der Waals surface area contributed by atoms with Crippen LogP contribution in [0.15, 0.2) is 30.5 Å². The molecule has 2 heterocycles. The molecule has 0 saturated carbocycles. The molecule has 0 spiro atoms. The number of benzene rings is 1. The molecule has 20 heavy (non-hydrogen) atoms. The number of fused-ring (bicyclic) bond motifs is 1. The molecule has 0 amide bonds. The summed E-state index contributed by atoms with van der Waals surface area (Å²) in [5, 5.41) is 11.7. The second kappa shape index (κ2) is 4.72. The van der Waals surface area contributed by atoms with Crippen molar-refractivity contribution in [3.8, 4) is 0 Å². The highest BCUT2D eigenvalue weighted by molar-refractivity contribution is 5.97. The molecule has 1 aromatic carbocycles. The predicted molar refractivity (Wildman–Crippen MR) is 77.7 cm³/mol. The summed E-state index contributed by atoms with van der Waals surface area (Å²) >= 11 is 0. The third-order valence-electron chi connectivity index (χ3n) is 3.93. The summed E-state index contributed by atoms with van der Waals surface area (Å²) < 4.78 is 0. The quantitative estimate of drug-likeness (QED) is 0.667. The molecule has 0 aliphatic carbocycles. The van der Waals surface area contributed by atoms with Gasteiger partial charge < -0.3 is 10.6 Å². The van der Waals surface area contributed by atoms with Crippen molar-refractivity contribution >= 4 is 22.3 Å². The lowest BCUT2D eigenvalue weighted by Gasteiger charge is -2.19. The van der Waals surface area contributed by atoms with Gasteiger partial charge in [-0.1, -0.05) is 6.92 Å². The minimum atomic E-state index is -0.369. The first-order valence-electron chi connectivity index (χ1n) is 6.60. The summed E-state index contributed by atoms with van der Waals surface area (Å²) in [6.45, 7) is 3.72. The summed E-state index contributed by atoms with van der Waals surface area (Å²) in [5.74, 6) is 0.406. The number of nitro groups is 1. The van der Waals surface area contributed by atoms with Crippen molar-refractivity contribution in [2.24, 2.45) is 11.7 Å². The molecule has 1 saturated heterocycles. The molecular weight excluding hydrogens is 256 g/mol. The van der Waals surface area contributed by atoms with Crippen LogP contribution in [-0.4, -0.2) is 29.0 Å². The van der Waals surface area contributed by atoms with Crippen LogP contribution in [0.5, 0.6) is 0 Å². The zero-order chi connectivity index (χ0) is 14.3. The molecule has 1 aromatic heterocycles. The number of rotatable bonds is 2. The van der Waals surface area contributed by atoms with Crippen molar-refractivity contribution < 1.29 is 4.92 Å².